The number of hydrogen-bond acceptors (Lipinski definition) is 6. The zero-order valence-electron chi connectivity index (χ0n) is 16.2. The van der Waals surface area contributed by atoms with Crippen LogP contribution in [0.4, 0.5) is 11.6 Å². The predicted octanol–water partition coefficient (Wildman–Crippen LogP) is 3.28. The van der Waals surface area contributed by atoms with Crippen molar-refractivity contribution in [3.63, 3.8) is 0 Å². The second kappa shape index (κ2) is 8.36. The summed E-state index contributed by atoms with van der Waals surface area (Å²) in [5.41, 5.74) is 2.56. The number of carbonyl (C=O) groups excluding carboxylic acids is 1. The van der Waals surface area contributed by atoms with Gasteiger partial charge in [0, 0.05) is 11.3 Å². The summed E-state index contributed by atoms with van der Waals surface area (Å²) >= 11 is 0. The Bertz CT molecular complexity index is 1100. The van der Waals surface area contributed by atoms with Crippen molar-refractivity contribution in [1.82, 2.24) is 5.16 Å². The summed E-state index contributed by atoms with van der Waals surface area (Å²) in [5, 5.41) is 6.47. The topological polar surface area (TPSA) is 111 Å². The molecular weight excluding hydrogens is 394 g/mol. The second-order valence-electron chi connectivity index (χ2n) is 6.43. The van der Waals surface area contributed by atoms with Crippen molar-refractivity contribution < 1.29 is 22.5 Å². The fourth-order valence-corrected chi connectivity index (χ4v) is 3.59. The van der Waals surface area contributed by atoms with E-state index in [1.165, 1.54) is 24.3 Å². The van der Waals surface area contributed by atoms with Crippen LogP contribution in [0.15, 0.2) is 57.9 Å². The Morgan fingerprint density at radius 1 is 1.07 bits per heavy atom. The van der Waals surface area contributed by atoms with E-state index in [0.29, 0.717) is 16.9 Å². The number of aromatic nitrogens is 1. The van der Waals surface area contributed by atoms with Crippen LogP contribution in [0.5, 0.6) is 5.75 Å². The number of benzene rings is 2. The van der Waals surface area contributed by atoms with Gasteiger partial charge in [-0.2, -0.15) is 0 Å². The molecule has 3 rings (SSSR count). The number of sulfonamides is 1. The quantitative estimate of drug-likeness (QED) is 0.613. The molecule has 0 saturated carbocycles. The van der Waals surface area contributed by atoms with E-state index in [4.69, 9.17) is 9.26 Å². The van der Waals surface area contributed by atoms with Crippen LogP contribution in [-0.4, -0.2) is 26.6 Å². The van der Waals surface area contributed by atoms with Crippen molar-refractivity contribution in [2.75, 3.05) is 17.1 Å². The highest BCUT2D eigenvalue weighted by Gasteiger charge is 2.19. The van der Waals surface area contributed by atoms with Gasteiger partial charge in [-0.15, -0.1) is 0 Å². The molecule has 152 valence electrons. The first-order chi connectivity index (χ1) is 13.8. The Morgan fingerprint density at radius 2 is 1.72 bits per heavy atom. The lowest BCUT2D eigenvalue weighted by Gasteiger charge is -2.09. The maximum Gasteiger partial charge on any atom is 0.264 e. The molecule has 2 aromatic carbocycles. The lowest BCUT2D eigenvalue weighted by molar-refractivity contribution is -0.115. The van der Waals surface area contributed by atoms with Gasteiger partial charge in [-0.05, 0) is 55.8 Å². The van der Waals surface area contributed by atoms with E-state index in [9.17, 15) is 13.2 Å². The fraction of sp³-hybridized carbons (Fsp3) is 0.200. The largest absolute Gasteiger partial charge is 0.497 e. The summed E-state index contributed by atoms with van der Waals surface area (Å²) < 4.78 is 37.4. The molecule has 1 heterocycles. The Balaban J connectivity index is 1.64. The molecule has 0 aliphatic heterocycles. The third-order valence-electron chi connectivity index (χ3n) is 4.36. The van der Waals surface area contributed by atoms with Crippen molar-refractivity contribution in [2.45, 2.75) is 25.2 Å². The molecule has 3 aromatic rings. The third-order valence-corrected chi connectivity index (χ3v) is 5.70. The zero-order valence-corrected chi connectivity index (χ0v) is 17.0. The van der Waals surface area contributed by atoms with Gasteiger partial charge in [0.05, 0.1) is 24.1 Å². The van der Waals surface area contributed by atoms with Gasteiger partial charge in [0.15, 0.2) is 0 Å². The minimum Gasteiger partial charge on any atom is -0.497 e. The van der Waals surface area contributed by atoms with Crippen LogP contribution in [0, 0.1) is 13.8 Å². The molecule has 0 aliphatic carbocycles. The summed E-state index contributed by atoms with van der Waals surface area (Å²) in [6, 6.07) is 13.1. The molecule has 0 bridgehead atoms. The number of nitrogens with zero attached hydrogens (tertiary/aromatic N) is 1. The maximum atomic E-state index is 12.5. The zero-order chi connectivity index (χ0) is 21.0. The first-order valence-electron chi connectivity index (χ1n) is 8.77. The standard InChI is InChI=1S/C20H21N3O5S/c1-13-14(2)22-28-20(13)23-29(25,26)18-10-6-16(7-11-18)21-19(24)12-15-4-8-17(27-3)9-5-15/h4-11,23H,12H2,1-3H3,(H,21,24). The number of methoxy groups -OCH3 is 1. The van der Waals surface area contributed by atoms with Gasteiger partial charge < -0.3 is 14.6 Å². The number of rotatable bonds is 7. The van der Waals surface area contributed by atoms with E-state index in [-0.39, 0.29) is 23.1 Å². The molecule has 9 heteroatoms. The average molecular weight is 415 g/mol. The molecule has 2 N–H and O–H groups in total. The van der Waals surface area contributed by atoms with Crippen LogP contribution in [0.3, 0.4) is 0 Å². The Labute approximate surface area is 168 Å². The molecule has 0 spiro atoms. The van der Waals surface area contributed by atoms with E-state index in [0.717, 1.165) is 11.3 Å². The number of aryl methyl sites for hydroxylation is 1. The Morgan fingerprint density at radius 3 is 2.28 bits per heavy atom. The van der Waals surface area contributed by atoms with E-state index < -0.39 is 10.0 Å². The van der Waals surface area contributed by atoms with Crippen molar-refractivity contribution in [2.24, 2.45) is 0 Å². The van der Waals surface area contributed by atoms with Gasteiger partial charge >= 0.3 is 0 Å². The summed E-state index contributed by atoms with van der Waals surface area (Å²) in [4.78, 5) is 12.2. The lowest BCUT2D eigenvalue weighted by atomic mass is 10.1. The van der Waals surface area contributed by atoms with E-state index in [1.807, 2.05) is 12.1 Å². The minimum atomic E-state index is -3.83. The molecule has 0 aliphatic rings. The van der Waals surface area contributed by atoms with Crippen LogP contribution in [0.25, 0.3) is 0 Å². The third kappa shape index (κ3) is 4.94. The molecule has 0 saturated heterocycles. The fourth-order valence-electron chi connectivity index (χ4n) is 2.54. The second-order valence-corrected chi connectivity index (χ2v) is 8.11. The van der Waals surface area contributed by atoms with Gasteiger partial charge in [-0.25, -0.2) is 13.1 Å². The molecule has 0 atom stereocenters. The van der Waals surface area contributed by atoms with Crippen molar-refractivity contribution in [1.29, 1.82) is 0 Å². The summed E-state index contributed by atoms with van der Waals surface area (Å²) in [6.45, 7) is 3.44. The first kappa shape index (κ1) is 20.4. The maximum absolute atomic E-state index is 12.5. The van der Waals surface area contributed by atoms with Crippen LogP contribution >= 0.6 is 0 Å². The van der Waals surface area contributed by atoms with E-state index >= 15 is 0 Å². The number of anilines is 2. The first-order valence-corrected chi connectivity index (χ1v) is 10.3. The SMILES string of the molecule is COc1ccc(CC(=O)Nc2ccc(S(=O)(=O)Nc3onc(C)c3C)cc2)cc1. The normalized spacial score (nSPS) is 11.1. The summed E-state index contributed by atoms with van der Waals surface area (Å²) in [5.74, 6) is 0.589. The highest BCUT2D eigenvalue weighted by Crippen LogP contribution is 2.22. The van der Waals surface area contributed by atoms with Gasteiger partial charge in [0.1, 0.15) is 5.75 Å². The minimum absolute atomic E-state index is 0.0408. The predicted molar refractivity (Wildman–Crippen MR) is 109 cm³/mol. The van der Waals surface area contributed by atoms with Crippen LogP contribution in [0.2, 0.25) is 0 Å². The average Bonchev–Trinajstić information content (AvgIpc) is 3.00. The molecule has 0 radical (unpaired) electrons. The summed E-state index contributed by atoms with van der Waals surface area (Å²) in [7, 11) is -2.25. The molecule has 29 heavy (non-hydrogen) atoms. The molecule has 8 nitrogen and oxygen atoms in total. The van der Waals surface area contributed by atoms with Crippen LogP contribution in [0.1, 0.15) is 16.8 Å². The highest BCUT2D eigenvalue weighted by atomic mass is 32.2. The van der Waals surface area contributed by atoms with Crippen molar-refractivity contribution in [3.8, 4) is 5.75 Å². The van der Waals surface area contributed by atoms with Crippen molar-refractivity contribution in [3.05, 3.63) is 65.4 Å². The molecule has 1 amide bonds. The molecular formula is C20H21N3O5S. The number of amides is 1. The van der Waals surface area contributed by atoms with Gasteiger partial charge in [-0.3, -0.25) is 4.79 Å². The molecule has 1 aromatic heterocycles. The van der Waals surface area contributed by atoms with E-state index in [1.54, 1.807) is 33.1 Å². The number of hydrogen-bond donors (Lipinski definition) is 2. The van der Waals surface area contributed by atoms with Crippen LogP contribution in [-0.2, 0) is 21.2 Å². The smallest absolute Gasteiger partial charge is 0.264 e. The number of carbonyl (C=O) groups is 1. The van der Waals surface area contributed by atoms with Crippen LogP contribution < -0.4 is 14.8 Å². The number of nitrogens with one attached hydrogen (secondary N) is 2. The van der Waals surface area contributed by atoms with Gasteiger partial charge in [-0.1, -0.05) is 17.3 Å². The van der Waals surface area contributed by atoms with Crippen molar-refractivity contribution >= 4 is 27.5 Å². The van der Waals surface area contributed by atoms with Gasteiger partial charge in [0.2, 0.25) is 11.8 Å². The number of ether oxygens (including phenoxy) is 1. The monoisotopic (exact) mass is 415 g/mol. The van der Waals surface area contributed by atoms with E-state index in [2.05, 4.69) is 15.2 Å². The molecule has 0 fully saturated rings. The van der Waals surface area contributed by atoms with Gasteiger partial charge in [0.25, 0.3) is 10.0 Å². The summed E-state index contributed by atoms with van der Waals surface area (Å²) in [6.07, 6.45) is 0.190. The molecule has 0 unspecified atom stereocenters. The highest BCUT2D eigenvalue weighted by molar-refractivity contribution is 7.92. The Hall–Kier alpha value is -3.33. The lowest BCUT2D eigenvalue weighted by Crippen LogP contribution is -2.15. The Kier molecular flexibility index (Phi) is 5.88.